The van der Waals surface area contributed by atoms with Gasteiger partial charge in [-0.3, -0.25) is 4.79 Å². The van der Waals surface area contributed by atoms with Crippen LogP contribution in [-0.2, 0) is 4.79 Å². The summed E-state index contributed by atoms with van der Waals surface area (Å²) in [4.78, 5) is 13.8. The van der Waals surface area contributed by atoms with Gasteiger partial charge in [0.2, 0.25) is 5.91 Å². The fraction of sp³-hybridized carbons (Fsp3) is 0.889. The van der Waals surface area contributed by atoms with Crippen LogP contribution in [0.25, 0.3) is 0 Å². The van der Waals surface area contributed by atoms with Crippen LogP contribution in [0.5, 0.6) is 0 Å². The molecule has 2 aliphatic rings. The number of hydrogen-bond donors (Lipinski definition) is 1. The van der Waals surface area contributed by atoms with Gasteiger partial charge in [-0.15, -0.1) is 0 Å². The van der Waals surface area contributed by atoms with Crippen molar-refractivity contribution < 1.29 is 4.79 Å². The molecule has 13 heavy (non-hydrogen) atoms. The van der Waals surface area contributed by atoms with E-state index in [9.17, 15) is 4.79 Å². The Morgan fingerprint density at radius 2 is 2.08 bits per heavy atom. The maximum atomic E-state index is 11.8. The van der Waals surface area contributed by atoms with Gasteiger partial charge in [-0.2, -0.15) is 11.8 Å². The average Bonchev–Trinajstić information content (AvgIpc) is 2.88. The third kappa shape index (κ3) is 1.99. The Kier molecular flexibility index (Phi) is 2.51. The molecule has 0 aromatic rings. The Hall–Kier alpha value is -0.220. The molecule has 3 nitrogen and oxygen atoms in total. The van der Waals surface area contributed by atoms with Crippen LogP contribution in [0.15, 0.2) is 0 Å². The molecular weight excluding hydrogens is 184 g/mol. The summed E-state index contributed by atoms with van der Waals surface area (Å²) in [7, 11) is 0. The van der Waals surface area contributed by atoms with E-state index in [4.69, 9.17) is 5.73 Å². The van der Waals surface area contributed by atoms with E-state index in [0.29, 0.717) is 0 Å². The highest BCUT2D eigenvalue weighted by molar-refractivity contribution is 7.99. The number of amides is 1. The van der Waals surface area contributed by atoms with E-state index >= 15 is 0 Å². The van der Waals surface area contributed by atoms with Crippen LogP contribution in [-0.4, -0.2) is 40.9 Å². The van der Waals surface area contributed by atoms with Gasteiger partial charge in [-0.1, -0.05) is 0 Å². The summed E-state index contributed by atoms with van der Waals surface area (Å²) in [5.74, 6) is 2.44. The van der Waals surface area contributed by atoms with Crippen molar-refractivity contribution >= 4 is 17.7 Å². The zero-order chi connectivity index (χ0) is 9.31. The molecular formula is C9H16N2OS. The summed E-state index contributed by atoms with van der Waals surface area (Å²) in [5.41, 5.74) is 5.41. The van der Waals surface area contributed by atoms with E-state index in [0.717, 1.165) is 38.1 Å². The first-order valence-corrected chi connectivity index (χ1v) is 6.04. The van der Waals surface area contributed by atoms with E-state index in [1.807, 2.05) is 16.7 Å². The lowest BCUT2D eigenvalue weighted by atomic mass is 10.2. The largest absolute Gasteiger partial charge is 0.340 e. The lowest BCUT2D eigenvalue weighted by Gasteiger charge is -2.23. The third-order valence-electron chi connectivity index (χ3n) is 2.72. The van der Waals surface area contributed by atoms with Crippen LogP contribution in [0.3, 0.4) is 0 Å². The van der Waals surface area contributed by atoms with E-state index in [2.05, 4.69) is 0 Å². The zero-order valence-corrected chi connectivity index (χ0v) is 8.61. The zero-order valence-electron chi connectivity index (χ0n) is 7.79. The smallest absolute Gasteiger partial charge is 0.242 e. The summed E-state index contributed by atoms with van der Waals surface area (Å²) >= 11 is 1.93. The minimum absolute atomic E-state index is 0.190. The van der Waals surface area contributed by atoms with Gasteiger partial charge in [0.1, 0.15) is 0 Å². The van der Waals surface area contributed by atoms with Crippen molar-refractivity contribution in [1.82, 2.24) is 4.90 Å². The molecule has 0 aromatic carbocycles. The Labute approximate surface area is 83.0 Å². The molecule has 0 aromatic heterocycles. The number of hydrogen-bond acceptors (Lipinski definition) is 3. The fourth-order valence-electron chi connectivity index (χ4n) is 1.61. The van der Waals surface area contributed by atoms with Gasteiger partial charge in [0.15, 0.2) is 0 Å². The van der Waals surface area contributed by atoms with Gasteiger partial charge in [0.05, 0.1) is 5.54 Å². The van der Waals surface area contributed by atoms with Crippen molar-refractivity contribution in [2.24, 2.45) is 5.73 Å². The monoisotopic (exact) mass is 200 g/mol. The second-order valence-electron chi connectivity index (χ2n) is 3.91. The SMILES string of the molecule is NC1(C(=O)N2CCCSCC2)CC1. The molecule has 1 aliphatic heterocycles. The molecule has 2 fully saturated rings. The lowest BCUT2D eigenvalue weighted by Crippen LogP contribution is -2.46. The van der Waals surface area contributed by atoms with Gasteiger partial charge >= 0.3 is 0 Å². The average molecular weight is 200 g/mol. The minimum Gasteiger partial charge on any atom is -0.340 e. The topological polar surface area (TPSA) is 46.3 Å². The molecule has 74 valence electrons. The molecule has 1 aliphatic carbocycles. The highest BCUT2D eigenvalue weighted by Crippen LogP contribution is 2.34. The molecule has 0 unspecified atom stereocenters. The third-order valence-corrected chi connectivity index (χ3v) is 3.77. The Morgan fingerprint density at radius 1 is 1.31 bits per heavy atom. The minimum atomic E-state index is -0.463. The van der Waals surface area contributed by atoms with Gasteiger partial charge in [-0.05, 0) is 25.0 Å². The second kappa shape index (κ2) is 3.50. The summed E-state index contributed by atoms with van der Waals surface area (Å²) < 4.78 is 0. The van der Waals surface area contributed by atoms with Gasteiger partial charge in [0.25, 0.3) is 0 Å². The number of nitrogens with zero attached hydrogens (tertiary/aromatic N) is 1. The first-order chi connectivity index (χ1) is 6.22. The first-order valence-electron chi connectivity index (χ1n) is 4.88. The number of rotatable bonds is 1. The summed E-state index contributed by atoms with van der Waals surface area (Å²) in [6, 6.07) is 0. The molecule has 1 heterocycles. The van der Waals surface area contributed by atoms with Gasteiger partial charge < -0.3 is 10.6 Å². The van der Waals surface area contributed by atoms with Crippen LogP contribution in [0.4, 0.5) is 0 Å². The van der Waals surface area contributed by atoms with E-state index in [1.54, 1.807) is 0 Å². The van der Waals surface area contributed by atoms with E-state index in [-0.39, 0.29) is 5.91 Å². The van der Waals surface area contributed by atoms with Gasteiger partial charge in [-0.25, -0.2) is 0 Å². The van der Waals surface area contributed by atoms with Crippen LogP contribution in [0.1, 0.15) is 19.3 Å². The van der Waals surface area contributed by atoms with E-state index < -0.39 is 5.54 Å². The van der Waals surface area contributed by atoms with Crippen LogP contribution in [0, 0.1) is 0 Å². The number of nitrogens with two attached hydrogens (primary N) is 1. The molecule has 1 saturated heterocycles. The lowest BCUT2D eigenvalue weighted by molar-refractivity contribution is -0.133. The molecule has 1 saturated carbocycles. The summed E-state index contributed by atoms with van der Waals surface area (Å²) in [6.07, 6.45) is 2.89. The molecule has 1 amide bonds. The fourth-order valence-corrected chi connectivity index (χ4v) is 2.50. The maximum Gasteiger partial charge on any atom is 0.242 e. The van der Waals surface area contributed by atoms with E-state index in [1.165, 1.54) is 5.75 Å². The standard InChI is InChI=1S/C9H16N2OS/c10-9(2-3-9)8(12)11-4-1-6-13-7-5-11/h1-7,10H2. The van der Waals surface area contributed by atoms with Crippen molar-refractivity contribution in [3.63, 3.8) is 0 Å². The van der Waals surface area contributed by atoms with Crippen molar-refractivity contribution in [3.8, 4) is 0 Å². The van der Waals surface area contributed by atoms with Crippen molar-refractivity contribution in [1.29, 1.82) is 0 Å². The van der Waals surface area contributed by atoms with Crippen LogP contribution in [0.2, 0.25) is 0 Å². The van der Waals surface area contributed by atoms with Crippen LogP contribution >= 0.6 is 11.8 Å². The van der Waals surface area contributed by atoms with Crippen molar-refractivity contribution in [3.05, 3.63) is 0 Å². The van der Waals surface area contributed by atoms with Crippen LogP contribution < -0.4 is 5.73 Å². The summed E-state index contributed by atoms with van der Waals surface area (Å²) in [5, 5.41) is 0. The molecule has 0 bridgehead atoms. The highest BCUT2D eigenvalue weighted by Gasteiger charge is 2.47. The van der Waals surface area contributed by atoms with Crippen molar-refractivity contribution in [2.45, 2.75) is 24.8 Å². The first kappa shape index (κ1) is 9.34. The van der Waals surface area contributed by atoms with Crippen molar-refractivity contribution in [2.75, 3.05) is 24.6 Å². The highest BCUT2D eigenvalue weighted by atomic mass is 32.2. The Balaban J connectivity index is 1.94. The summed E-state index contributed by atoms with van der Waals surface area (Å²) in [6.45, 7) is 1.80. The second-order valence-corrected chi connectivity index (χ2v) is 5.14. The molecule has 0 radical (unpaired) electrons. The molecule has 2 rings (SSSR count). The quantitative estimate of drug-likeness (QED) is 0.668. The number of thioether (sulfide) groups is 1. The number of carbonyl (C=O) groups is 1. The predicted octanol–water partition coefficient (Wildman–Crippen LogP) is 0.443. The van der Waals surface area contributed by atoms with Gasteiger partial charge in [0, 0.05) is 18.8 Å². The Bertz CT molecular complexity index is 208. The molecule has 0 spiro atoms. The maximum absolute atomic E-state index is 11.8. The normalized spacial score (nSPS) is 26.7. The molecule has 0 atom stereocenters. The molecule has 2 N–H and O–H groups in total. The predicted molar refractivity (Wildman–Crippen MR) is 54.7 cm³/mol. The Morgan fingerprint density at radius 3 is 2.77 bits per heavy atom. The number of carbonyl (C=O) groups excluding carboxylic acids is 1. The molecule has 4 heteroatoms.